The molecule has 0 saturated heterocycles. The Morgan fingerprint density at radius 1 is 1.05 bits per heavy atom. The molecule has 0 heterocycles. The van der Waals surface area contributed by atoms with Gasteiger partial charge in [0.2, 0.25) is 0 Å². The van der Waals surface area contributed by atoms with E-state index >= 15 is 0 Å². The lowest BCUT2D eigenvalue weighted by Gasteiger charge is -2.09. The standard InChI is InChI=1S/C18H16BrN3/c1-12-9-10-15(19)17(11-12)22-18(20)21-16-8-4-6-13-5-2-3-7-14(13)16/h2-11H,1H3,(H3,20,21,22). The molecule has 3 rings (SSSR count). The van der Waals surface area contributed by atoms with E-state index < -0.39 is 0 Å². The number of hydrogen-bond acceptors (Lipinski definition) is 1. The van der Waals surface area contributed by atoms with Gasteiger partial charge < -0.3 is 11.1 Å². The van der Waals surface area contributed by atoms with Crippen LogP contribution in [-0.4, -0.2) is 5.96 Å². The van der Waals surface area contributed by atoms with Crippen LogP contribution in [0.5, 0.6) is 0 Å². The Morgan fingerprint density at radius 2 is 1.82 bits per heavy atom. The van der Waals surface area contributed by atoms with Gasteiger partial charge >= 0.3 is 0 Å². The number of benzene rings is 3. The topological polar surface area (TPSA) is 50.4 Å². The van der Waals surface area contributed by atoms with Crippen molar-refractivity contribution in [3.05, 3.63) is 70.7 Å². The van der Waals surface area contributed by atoms with Crippen molar-refractivity contribution in [2.24, 2.45) is 10.7 Å². The third kappa shape index (κ3) is 3.12. The minimum atomic E-state index is 0.364. The zero-order chi connectivity index (χ0) is 15.5. The molecule has 0 spiro atoms. The van der Waals surface area contributed by atoms with Crippen LogP contribution in [-0.2, 0) is 0 Å². The highest BCUT2D eigenvalue weighted by Crippen LogP contribution is 2.26. The van der Waals surface area contributed by atoms with Crippen LogP contribution in [0, 0.1) is 6.92 Å². The Labute approximate surface area is 138 Å². The molecule has 0 aliphatic carbocycles. The number of nitrogens with two attached hydrogens (primary N) is 1. The first kappa shape index (κ1) is 14.6. The maximum absolute atomic E-state index is 6.07. The predicted molar refractivity (Wildman–Crippen MR) is 97.7 cm³/mol. The monoisotopic (exact) mass is 353 g/mol. The molecule has 3 aromatic carbocycles. The lowest BCUT2D eigenvalue weighted by atomic mass is 10.1. The van der Waals surface area contributed by atoms with Gasteiger partial charge in [0.1, 0.15) is 0 Å². The van der Waals surface area contributed by atoms with Gasteiger partial charge in [0.25, 0.3) is 0 Å². The van der Waals surface area contributed by atoms with Crippen LogP contribution in [0.1, 0.15) is 5.56 Å². The van der Waals surface area contributed by atoms with E-state index in [1.807, 2.05) is 55.5 Å². The summed E-state index contributed by atoms with van der Waals surface area (Å²) in [6, 6.07) is 20.2. The van der Waals surface area contributed by atoms with Crippen LogP contribution in [0.3, 0.4) is 0 Å². The van der Waals surface area contributed by atoms with Gasteiger partial charge in [-0.15, -0.1) is 0 Å². The molecule has 0 radical (unpaired) electrons. The summed E-state index contributed by atoms with van der Waals surface area (Å²) in [6.07, 6.45) is 0. The van der Waals surface area contributed by atoms with E-state index in [0.29, 0.717) is 5.96 Å². The molecule has 0 fully saturated rings. The van der Waals surface area contributed by atoms with Gasteiger partial charge in [0.15, 0.2) is 5.96 Å². The molecule has 0 unspecified atom stereocenters. The molecule has 0 aliphatic heterocycles. The Balaban J connectivity index is 1.95. The largest absolute Gasteiger partial charge is 0.369 e. The zero-order valence-electron chi connectivity index (χ0n) is 12.2. The number of fused-ring (bicyclic) bond motifs is 1. The fourth-order valence-corrected chi connectivity index (χ4v) is 2.68. The highest BCUT2D eigenvalue weighted by atomic mass is 79.9. The smallest absolute Gasteiger partial charge is 0.198 e. The number of aliphatic imine (C=N–C) groups is 1. The SMILES string of the molecule is Cc1ccc(Br)c(NC(N)=Nc2cccc3ccccc23)c1. The molecular formula is C18H16BrN3. The van der Waals surface area contributed by atoms with Gasteiger partial charge in [-0.2, -0.15) is 0 Å². The molecule has 0 aliphatic rings. The van der Waals surface area contributed by atoms with Crippen LogP contribution in [0.4, 0.5) is 11.4 Å². The van der Waals surface area contributed by atoms with E-state index in [4.69, 9.17) is 5.73 Å². The van der Waals surface area contributed by atoms with Gasteiger partial charge in [-0.25, -0.2) is 4.99 Å². The average molecular weight is 354 g/mol. The van der Waals surface area contributed by atoms with Crippen molar-refractivity contribution in [2.45, 2.75) is 6.92 Å². The number of rotatable bonds is 2. The predicted octanol–water partition coefficient (Wildman–Crippen LogP) is 4.97. The van der Waals surface area contributed by atoms with Crippen molar-refractivity contribution in [3.8, 4) is 0 Å². The number of nitrogens with zero attached hydrogens (tertiary/aromatic N) is 1. The average Bonchev–Trinajstić information content (AvgIpc) is 2.51. The first-order valence-electron chi connectivity index (χ1n) is 6.98. The van der Waals surface area contributed by atoms with Gasteiger partial charge in [0.05, 0.1) is 11.4 Å². The molecular weight excluding hydrogens is 338 g/mol. The number of halogens is 1. The molecule has 3 N–H and O–H groups in total. The Morgan fingerprint density at radius 3 is 2.68 bits per heavy atom. The van der Waals surface area contributed by atoms with Gasteiger partial charge in [0, 0.05) is 9.86 Å². The van der Waals surface area contributed by atoms with Crippen LogP contribution >= 0.6 is 15.9 Å². The summed E-state index contributed by atoms with van der Waals surface area (Å²) in [4.78, 5) is 4.52. The van der Waals surface area contributed by atoms with E-state index in [9.17, 15) is 0 Å². The van der Waals surface area contributed by atoms with Crippen molar-refractivity contribution in [3.63, 3.8) is 0 Å². The third-order valence-electron chi connectivity index (χ3n) is 3.39. The molecule has 3 nitrogen and oxygen atoms in total. The number of anilines is 1. The Hall–Kier alpha value is -2.33. The first-order valence-corrected chi connectivity index (χ1v) is 7.78. The van der Waals surface area contributed by atoms with Crippen LogP contribution in [0.2, 0.25) is 0 Å². The quantitative estimate of drug-likeness (QED) is 0.504. The molecule has 22 heavy (non-hydrogen) atoms. The second-order valence-electron chi connectivity index (χ2n) is 5.10. The van der Waals surface area contributed by atoms with E-state index in [0.717, 1.165) is 32.2 Å². The fourth-order valence-electron chi connectivity index (χ4n) is 2.34. The second kappa shape index (κ2) is 6.20. The second-order valence-corrected chi connectivity index (χ2v) is 5.96. The lowest BCUT2D eigenvalue weighted by Crippen LogP contribution is -2.22. The van der Waals surface area contributed by atoms with Crippen molar-refractivity contribution >= 4 is 44.0 Å². The van der Waals surface area contributed by atoms with Crippen molar-refractivity contribution < 1.29 is 0 Å². The van der Waals surface area contributed by atoms with Crippen molar-refractivity contribution in [1.82, 2.24) is 0 Å². The zero-order valence-corrected chi connectivity index (χ0v) is 13.8. The molecule has 4 heteroatoms. The van der Waals surface area contributed by atoms with E-state index in [1.54, 1.807) is 0 Å². The molecule has 110 valence electrons. The lowest BCUT2D eigenvalue weighted by molar-refractivity contribution is 1.41. The Bertz CT molecular complexity index is 851. The maximum atomic E-state index is 6.07. The summed E-state index contributed by atoms with van der Waals surface area (Å²) < 4.78 is 0.953. The molecule has 0 saturated carbocycles. The minimum Gasteiger partial charge on any atom is -0.369 e. The first-order chi connectivity index (χ1) is 10.6. The summed E-state index contributed by atoms with van der Waals surface area (Å²) >= 11 is 3.51. The van der Waals surface area contributed by atoms with E-state index in [1.165, 1.54) is 0 Å². The minimum absolute atomic E-state index is 0.364. The van der Waals surface area contributed by atoms with Gasteiger partial charge in [-0.3, -0.25) is 0 Å². The summed E-state index contributed by atoms with van der Waals surface area (Å²) in [6.45, 7) is 2.04. The van der Waals surface area contributed by atoms with Gasteiger partial charge in [-0.05, 0) is 52.0 Å². The van der Waals surface area contributed by atoms with Crippen molar-refractivity contribution in [1.29, 1.82) is 0 Å². The molecule has 0 aromatic heterocycles. The Kier molecular flexibility index (Phi) is 4.11. The third-order valence-corrected chi connectivity index (χ3v) is 4.08. The van der Waals surface area contributed by atoms with Gasteiger partial charge in [-0.1, -0.05) is 42.5 Å². The summed E-state index contributed by atoms with van der Waals surface area (Å²) in [5.74, 6) is 0.364. The molecule has 0 atom stereocenters. The highest BCUT2D eigenvalue weighted by molar-refractivity contribution is 9.10. The molecule has 3 aromatic rings. The van der Waals surface area contributed by atoms with E-state index in [-0.39, 0.29) is 0 Å². The maximum Gasteiger partial charge on any atom is 0.198 e. The number of guanidine groups is 1. The van der Waals surface area contributed by atoms with Crippen LogP contribution in [0.25, 0.3) is 10.8 Å². The number of nitrogens with one attached hydrogen (secondary N) is 1. The van der Waals surface area contributed by atoms with Crippen molar-refractivity contribution in [2.75, 3.05) is 5.32 Å². The highest BCUT2D eigenvalue weighted by Gasteiger charge is 2.03. The van der Waals surface area contributed by atoms with Crippen LogP contribution in [0.15, 0.2) is 70.1 Å². The summed E-state index contributed by atoms with van der Waals surface area (Å²) in [7, 11) is 0. The normalized spacial score (nSPS) is 11.6. The number of hydrogen-bond donors (Lipinski definition) is 2. The summed E-state index contributed by atoms with van der Waals surface area (Å²) in [5, 5.41) is 5.37. The fraction of sp³-hybridized carbons (Fsp3) is 0.0556. The number of aryl methyl sites for hydroxylation is 1. The van der Waals surface area contributed by atoms with Crippen LogP contribution < -0.4 is 11.1 Å². The molecule has 0 bridgehead atoms. The van der Waals surface area contributed by atoms with E-state index in [2.05, 4.69) is 38.4 Å². The molecule has 0 amide bonds. The summed E-state index contributed by atoms with van der Waals surface area (Å²) in [5.41, 5.74) is 8.98.